The SMILES string of the molecule is C/C=C/C(=O)NCC1CCCN1. The lowest BCUT2D eigenvalue weighted by Crippen LogP contribution is -2.36. The zero-order valence-corrected chi connectivity index (χ0v) is 7.47. The first-order valence-electron chi connectivity index (χ1n) is 4.47. The maximum absolute atomic E-state index is 11.0. The molecule has 2 N–H and O–H groups in total. The lowest BCUT2D eigenvalue weighted by molar-refractivity contribution is -0.116. The maximum atomic E-state index is 11.0. The molecule has 1 saturated heterocycles. The van der Waals surface area contributed by atoms with E-state index in [4.69, 9.17) is 0 Å². The molecule has 1 unspecified atom stereocenters. The van der Waals surface area contributed by atoms with Gasteiger partial charge in [0.1, 0.15) is 0 Å². The summed E-state index contributed by atoms with van der Waals surface area (Å²) in [5.74, 6) is 0.00574. The van der Waals surface area contributed by atoms with Crippen LogP contribution in [0.5, 0.6) is 0 Å². The molecule has 0 aromatic heterocycles. The summed E-state index contributed by atoms with van der Waals surface area (Å²) in [6, 6.07) is 0.485. The zero-order chi connectivity index (χ0) is 8.81. The smallest absolute Gasteiger partial charge is 0.243 e. The Morgan fingerprint density at radius 2 is 2.58 bits per heavy atom. The summed E-state index contributed by atoms with van der Waals surface area (Å²) >= 11 is 0. The van der Waals surface area contributed by atoms with Gasteiger partial charge in [0.25, 0.3) is 0 Å². The van der Waals surface area contributed by atoms with Crippen molar-refractivity contribution in [3.63, 3.8) is 0 Å². The first-order chi connectivity index (χ1) is 5.83. The molecule has 1 heterocycles. The van der Waals surface area contributed by atoms with Gasteiger partial charge in [-0.15, -0.1) is 0 Å². The second kappa shape index (κ2) is 4.93. The van der Waals surface area contributed by atoms with E-state index in [1.54, 1.807) is 12.2 Å². The Labute approximate surface area is 73.2 Å². The van der Waals surface area contributed by atoms with Crippen molar-refractivity contribution >= 4 is 5.91 Å². The molecule has 0 aliphatic carbocycles. The molecule has 0 saturated carbocycles. The molecule has 0 radical (unpaired) electrons. The molecule has 1 rings (SSSR count). The van der Waals surface area contributed by atoms with Crippen molar-refractivity contribution < 1.29 is 4.79 Å². The summed E-state index contributed by atoms with van der Waals surface area (Å²) in [4.78, 5) is 11.0. The van der Waals surface area contributed by atoms with E-state index >= 15 is 0 Å². The molecule has 0 spiro atoms. The lowest BCUT2D eigenvalue weighted by atomic mass is 10.2. The fourth-order valence-electron chi connectivity index (χ4n) is 1.37. The minimum atomic E-state index is 0.00574. The Balaban J connectivity index is 2.11. The largest absolute Gasteiger partial charge is 0.351 e. The number of carbonyl (C=O) groups is 1. The molecule has 0 aromatic rings. The van der Waals surface area contributed by atoms with Gasteiger partial charge in [0.15, 0.2) is 0 Å². The molecule has 3 heteroatoms. The summed E-state index contributed by atoms with van der Waals surface area (Å²) in [6.07, 6.45) is 5.70. The van der Waals surface area contributed by atoms with Gasteiger partial charge in [-0.05, 0) is 32.4 Å². The predicted molar refractivity (Wildman–Crippen MR) is 48.8 cm³/mol. The van der Waals surface area contributed by atoms with E-state index < -0.39 is 0 Å². The molecular weight excluding hydrogens is 152 g/mol. The van der Waals surface area contributed by atoms with Gasteiger partial charge in [-0.1, -0.05) is 6.08 Å². The van der Waals surface area contributed by atoms with Crippen molar-refractivity contribution in [2.75, 3.05) is 13.1 Å². The van der Waals surface area contributed by atoms with E-state index in [0.29, 0.717) is 6.04 Å². The van der Waals surface area contributed by atoms with Gasteiger partial charge in [0, 0.05) is 12.6 Å². The number of allylic oxidation sites excluding steroid dienone is 1. The minimum Gasteiger partial charge on any atom is -0.351 e. The third-order valence-corrected chi connectivity index (χ3v) is 2.00. The Bertz CT molecular complexity index is 171. The maximum Gasteiger partial charge on any atom is 0.243 e. The normalized spacial score (nSPS) is 23.2. The number of rotatable bonds is 3. The first kappa shape index (κ1) is 9.26. The average molecular weight is 168 g/mol. The summed E-state index contributed by atoms with van der Waals surface area (Å²) in [6.45, 7) is 3.68. The molecule has 1 aliphatic heterocycles. The summed E-state index contributed by atoms with van der Waals surface area (Å²) in [5.41, 5.74) is 0. The summed E-state index contributed by atoms with van der Waals surface area (Å²) in [5, 5.41) is 6.15. The van der Waals surface area contributed by atoms with Gasteiger partial charge < -0.3 is 10.6 Å². The highest BCUT2D eigenvalue weighted by atomic mass is 16.1. The van der Waals surface area contributed by atoms with Crippen LogP contribution in [0.4, 0.5) is 0 Å². The van der Waals surface area contributed by atoms with Crippen LogP contribution in [0.2, 0.25) is 0 Å². The van der Waals surface area contributed by atoms with Crippen LogP contribution < -0.4 is 10.6 Å². The average Bonchev–Trinajstić information content (AvgIpc) is 2.53. The van der Waals surface area contributed by atoms with E-state index in [1.807, 2.05) is 6.92 Å². The van der Waals surface area contributed by atoms with Gasteiger partial charge in [-0.25, -0.2) is 0 Å². The monoisotopic (exact) mass is 168 g/mol. The molecule has 68 valence electrons. The fourth-order valence-corrected chi connectivity index (χ4v) is 1.37. The van der Waals surface area contributed by atoms with Gasteiger partial charge in [0.2, 0.25) is 5.91 Å². The van der Waals surface area contributed by atoms with Crippen molar-refractivity contribution in [3.05, 3.63) is 12.2 Å². The Kier molecular flexibility index (Phi) is 3.80. The standard InChI is InChI=1S/C9H16N2O/c1-2-4-9(12)11-7-8-5-3-6-10-8/h2,4,8,10H,3,5-7H2,1H3,(H,11,12)/b4-2+. The second-order valence-electron chi connectivity index (χ2n) is 3.04. The van der Waals surface area contributed by atoms with Gasteiger partial charge in [-0.2, -0.15) is 0 Å². The van der Waals surface area contributed by atoms with Crippen molar-refractivity contribution in [2.45, 2.75) is 25.8 Å². The first-order valence-corrected chi connectivity index (χ1v) is 4.47. The quantitative estimate of drug-likeness (QED) is 0.600. The Morgan fingerprint density at radius 3 is 3.17 bits per heavy atom. The molecule has 1 atom stereocenters. The van der Waals surface area contributed by atoms with Crippen molar-refractivity contribution in [2.24, 2.45) is 0 Å². The van der Waals surface area contributed by atoms with Crippen LogP contribution in [-0.2, 0) is 4.79 Å². The summed E-state index contributed by atoms with van der Waals surface area (Å²) in [7, 11) is 0. The van der Waals surface area contributed by atoms with Crippen molar-refractivity contribution in [1.82, 2.24) is 10.6 Å². The summed E-state index contributed by atoms with van der Waals surface area (Å²) < 4.78 is 0. The molecule has 12 heavy (non-hydrogen) atoms. The molecule has 1 amide bonds. The van der Waals surface area contributed by atoms with Crippen LogP contribution in [0.25, 0.3) is 0 Å². The van der Waals surface area contributed by atoms with E-state index in [2.05, 4.69) is 10.6 Å². The Morgan fingerprint density at radius 1 is 1.75 bits per heavy atom. The third-order valence-electron chi connectivity index (χ3n) is 2.00. The van der Waals surface area contributed by atoms with Gasteiger partial charge >= 0.3 is 0 Å². The molecular formula is C9H16N2O. The molecule has 3 nitrogen and oxygen atoms in total. The highest BCUT2D eigenvalue weighted by Crippen LogP contribution is 2.02. The van der Waals surface area contributed by atoms with E-state index in [-0.39, 0.29) is 5.91 Å². The fraction of sp³-hybridized carbons (Fsp3) is 0.667. The van der Waals surface area contributed by atoms with Crippen molar-refractivity contribution in [3.8, 4) is 0 Å². The molecule has 1 aliphatic rings. The highest BCUT2D eigenvalue weighted by molar-refractivity contribution is 5.87. The number of hydrogen-bond acceptors (Lipinski definition) is 2. The van der Waals surface area contributed by atoms with Crippen molar-refractivity contribution in [1.29, 1.82) is 0 Å². The third kappa shape index (κ3) is 3.05. The second-order valence-corrected chi connectivity index (χ2v) is 3.04. The molecule has 0 aromatic carbocycles. The van der Waals surface area contributed by atoms with Gasteiger partial charge in [0.05, 0.1) is 0 Å². The van der Waals surface area contributed by atoms with Crippen LogP contribution in [0.1, 0.15) is 19.8 Å². The van der Waals surface area contributed by atoms with Crippen LogP contribution >= 0.6 is 0 Å². The number of carbonyl (C=O) groups excluding carboxylic acids is 1. The van der Waals surface area contributed by atoms with Crippen LogP contribution in [0.3, 0.4) is 0 Å². The lowest BCUT2D eigenvalue weighted by Gasteiger charge is -2.09. The zero-order valence-electron chi connectivity index (χ0n) is 7.47. The predicted octanol–water partition coefficient (Wildman–Crippen LogP) is 0.431. The van der Waals surface area contributed by atoms with Crippen LogP contribution in [0, 0.1) is 0 Å². The molecule has 0 bridgehead atoms. The van der Waals surface area contributed by atoms with E-state index in [1.165, 1.54) is 12.8 Å². The topological polar surface area (TPSA) is 41.1 Å². The van der Waals surface area contributed by atoms with Gasteiger partial charge in [-0.3, -0.25) is 4.79 Å². The van der Waals surface area contributed by atoms with E-state index in [0.717, 1.165) is 13.1 Å². The van der Waals surface area contributed by atoms with Crippen LogP contribution in [-0.4, -0.2) is 25.0 Å². The number of hydrogen-bond donors (Lipinski definition) is 2. The minimum absolute atomic E-state index is 0.00574. The number of nitrogens with one attached hydrogen (secondary N) is 2. The molecule has 1 fully saturated rings. The van der Waals surface area contributed by atoms with E-state index in [9.17, 15) is 4.79 Å². The number of amides is 1. The van der Waals surface area contributed by atoms with Crippen LogP contribution in [0.15, 0.2) is 12.2 Å². The Hall–Kier alpha value is -0.830. The highest BCUT2D eigenvalue weighted by Gasteiger charge is 2.13.